The second-order valence-electron chi connectivity index (χ2n) is 2.39. The molecule has 0 spiro atoms. The molecule has 0 radical (unpaired) electrons. The van der Waals surface area contributed by atoms with Gasteiger partial charge in [0.15, 0.2) is 10.8 Å². The molecule has 0 fully saturated rings. The molecule has 1 heterocycles. The zero-order valence-electron chi connectivity index (χ0n) is 7.31. The Morgan fingerprint density at radius 2 is 2.29 bits per heavy atom. The quantitative estimate of drug-likeness (QED) is 0.696. The van der Waals surface area contributed by atoms with Crippen LogP contribution in [0.2, 0.25) is 0 Å². The van der Waals surface area contributed by atoms with Crippen molar-refractivity contribution in [1.29, 1.82) is 0 Å². The predicted octanol–water partition coefficient (Wildman–Crippen LogP) is 0.139. The third-order valence-electron chi connectivity index (χ3n) is 1.40. The molecule has 0 saturated carbocycles. The molecular weight excluding hydrogens is 208 g/mol. The fourth-order valence-corrected chi connectivity index (χ4v) is 1.69. The highest BCUT2D eigenvalue weighted by Crippen LogP contribution is 2.21. The minimum atomic E-state index is -1.04. The van der Waals surface area contributed by atoms with Gasteiger partial charge in [-0.05, 0) is 0 Å². The zero-order chi connectivity index (χ0) is 10.7. The van der Waals surface area contributed by atoms with Gasteiger partial charge in [0.1, 0.15) is 0 Å². The molecule has 3 N–H and O–H groups in total. The molecule has 0 atom stereocenters. The fourth-order valence-electron chi connectivity index (χ4n) is 0.883. The van der Waals surface area contributed by atoms with Gasteiger partial charge in [-0.2, -0.15) is 0 Å². The standard InChI is InChI=1S/C7H8N2O4S/c1-13-6(12)5-3(2-4(10)11)14-7(8)9-5/h2H2,1H3,(H2,8,9)(H,10,11). The number of carbonyl (C=O) groups is 2. The number of rotatable bonds is 3. The van der Waals surface area contributed by atoms with Crippen molar-refractivity contribution < 1.29 is 19.4 Å². The fraction of sp³-hybridized carbons (Fsp3) is 0.286. The van der Waals surface area contributed by atoms with Crippen LogP contribution in [0.15, 0.2) is 0 Å². The topological polar surface area (TPSA) is 103 Å². The Hall–Kier alpha value is -1.63. The molecule has 0 unspecified atom stereocenters. The molecule has 0 aliphatic rings. The van der Waals surface area contributed by atoms with E-state index in [0.717, 1.165) is 11.3 Å². The Balaban J connectivity index is 3.02. The van der Waals surface area contributed by atoms with Crippen molar-refractivity contribution in [3.63, 3.8) is 0 Å². The number of aromatic nitrogens is 1. The molecule has 76 valence electrons. The Kier molecular flexibility index (Phi) is 3.03. The van der Waals surface area contributed by atoms with E-state index in [0.29, 0.717) is 4.88 Å². The summed E-state index contributed by atoms with van der Waals surface area (Å²) in [4.78, 5) is 25.5. The maximum absolute atomic E-state index is 11.1. The number of thiazole rings is 1. The van der Waals surface area contributed by atoms with E-state index in [1.54, 1.807) is 0 Å². The monoisotopic (exact) mass is 216 g/mol. The summed E-state index contributed by atoms with van der Waals surface area (Å²) in [5, 5.41) is 8.70. The van der Waals surface area contributed by atoms with Crippen LogP contribution in [0.5, 0.6) is 0 Å². The van der Waals surface area contributed by atoms with Crippen molar-refractivity contribution >= 4 is 28.4 Å². The summed E-state index contributed by atoms with van der Waals surface area (Å²) in [6.45, 7) is 0. The van der Waals surface area contributed by atoms with Crippen molar-refractivity contribution in [2.45, 2.75) is 6.42 Å². The van der Waals surface area contributed by atoms with E-state index in [1.165, 1.54) is 7.11 Å². The number of nitrogens with two attached hydrogens (primary N) is 1. The molecule has 0 amide bonds. The zero-order valence-corrected chi connectivity index (χ0v) is 8.13. The van der Waals surface area contributed by atoms with Crippen molar-refractivity contribution in [3.05, 3.63) is 10.6 Å². The smallest absolute Gasteiger partial charge is 0.357 e. The first-order chi connectivity index (χ1) is 6.54. The van der Waals surface area contributed by atoms with E-state index in [1.807, 2.05) is 0 Å². The lowest BCUT2D eigenvalue weighted by Gasteiger charge is -1.96. The van der Waals surface area contributed by atoms with Crippen molar-refractivity contribution in [1.82, 2.24) is 4.98 Å². The highest BCUT2D eigenvalue weighted by Gasteiger charge is 2.19. The molecule has 7 heteroatoms. The van der Waals surface area contributed by atoms with Gasteiger partial charge in [-0.1, -0.05) is 0 Å². The van der Waals surface area contributed by atoms with Crippen LogP contribution in [0.1, 0.15) is 15.4 Å². The van der Waals surface area contributed by atoms with Gasteiger partial charge < -0.3 is 15.6 Å². The number of carbonyl (C=O) groups excluding carboxylic acids is 1. The average molecular weight is 216 g/mol. The van der Waals surface area contributed by atoms with Crippen molar-refractivity contribution in [2.75, 3.05) is 12.8 Å². The number of esters is 1. The lowest BCUT2D eigenvalue weighted by Crippen LogP contribution is -2.08. The first-order valence-corrected chi connectivity index (χ1v) is 4.41. The van der Waals surface area contributed by atoms with Gasteiger partial charge >= 0.3 is 11.9 Å². The molecular formula is C7H8N2O4S. The molecule has 0 aliphatic carbocycles. The lowest BCUT2D eigenvalue weighted by molar-refractivity contribution is -0.136. The molecule has 1 rings (SSSR count). The number of methoxy groups -OCH3 is 1. The number of carboxylic acid groups (broad SMARTS) is 1. The Morgan fingerprint density at radius 1 is 1.64 bits per heavy atom. The summed E-state index contributed by atoms with van der Waals surface area (Å²) >= 11 is 0.971. The van der Waals surface area contributed by atoms with E-state index in [9.17, 15) is 9.59 Å². The van der Waals surface area contributed by atoms with E-state index in [4.69, 9.17) is 10.8 Å². The van der Waals surface area contributed by atoms with Crippen LogP contribution >= 0.6 is 11.3 Å². The summed E-state index contributed by atoms with van der Waals surface area (Å²) in [6.07, 6.45) is -0.278. The third-order valence-corrected chi connectivity index (χ3v) is 2.29. The van der Waals surface area contributed by atoms with Gasteiger partial charge in [0.25, 0.3) is 0 Å². The SMILES string of the molecule is COC(=O)c1nc(N)sc1CC(=O)O. The van der Waals surface area contributed by atoms with Crippen LogP contribution in [0, 0.1) is 0 Å². The molecule has 1 aromatic heterocycles. The molecule has 0 bridgehead atoms. The minimum Gasteiger partial charge on any atom is -0.481 e. The van der Waals surface area contributed by atoms with Crippen molar-refractivity contribution in [3.8, 4) is 0 Å². The molecule has 6 nitrogen and oxygen atoms in total. The van der Waals surface area contributed by atoms with Crippen LogP contribution < -0.4 is 5.73 Å². The molecule has 1 aromatic rings. The van der Waals surface area contributed by atoms with Gasteiger partial charge in [0.2, 0.25) is 0 Å². The van der Waals surface area contributed by atoms with Crippen LogP contribution in [-0.2, 0) is 16.0 Å². The molecule has 14 heavy (non-hydrogen) atoms. The number of ether oxygens (including phenoxy) is 1. The Morgan fingerprint density at radius 3 is 2.79 bits per heavy atom. The first-order valence-electron chi connectivity index (χ1n) is 3.60. The van der Waals surface area contributed by atoms with E-state index < -0.39 is 11.9 Å². The summed E-state index contributed by atoms with van der Waals surface area (Å²) in [5.74, 6) is -1.71. The van der Waals surface area contributed by atoms with Crippen LogP contribution in [-0.4, -0.2) is 29.1 Å². The number of nitrogens with zero attached hydrogens (tertiary/aromatic N) is 1. The van der Waals surface area contributed by atoms with E-state index in [-0.39, 0.29) is 17.2 Å². The van der Waals surface area contributed by atoms with Gasteiger partial charge in [-0.25, -0.2) is 9.78 Å². The van der Waals surface area contributed by atoms with Gasteiger partial charge in [0, 0.05) is 0 Å². The molecule has 0 aromatic carbocycles. The summed E-state index contributed by atoms with van der Waals surface area (Å²) in [7, 11) is 1.20. The normalized spacial score (nSPS) is 9.79. The van der Waals surface area contributed by atoms with Gasteiger partial charge in [-0.3, -0.25) is 4.79 Å². The van der Waals surface area contributed by atoms with E-state index >= 15 is 0 Å². The second kappa shape index (κ2) is 4.05. The summed E-state index contributed by atoms with van der Waals surface area (Å²) < 4.78 is 4.43. The first kappa shape index (κ1) is 10.5. The predicted molar refractivity (Wildman–Crippen MR) is 49.2 cm³/mol. The third kappa shape index (κ3) is 2.19. The number of carboxylic acids is 1. The minimum absolute atomic E-state index is 0.0163. The number of aliphatic carboxylic acids is 1. The number of nitrogen functional groups attached to an aromatic ring is 1. The van der Waals surface area contributed by atoms with E-state index in [2.05, 4.69) is 9.72 Å². The van der Waals surface area contributed by atoms with Crippen LogP contribution in [0.25, 0.3) is 0 Å². The maximum atomic E-state index is 11.1. The maximum Gasteiger partial charge on any atom is 0.357 e. The van der Waals surface area contributed by atoms with Crippen LogP contribution in [0.4, 0.5) is 5.13 Å². The summed E-state index contributed by atoms with van der Waals surface area (Å²) in [6, 6.07) is 0. The number of hydrogen-bond donors (Lipinski definition) is 2. The molecule has 0 saturated heterocycles. The largest absolute Gasteiger partial charge is 0.481 e. The average Bonchev–Trinajstić information content (AvgIpc) is 2.44. The Bertz CT molecular complexity index is 374. The van der Waals surface area contributed by atoms with Gasteiger partial charge in [-0.15, -0.1) is 11.3 Å². The number of anilines is 1. The lowest BCUT2D eigenvalue weighted by atomic mass is 10.3. The second-order valence-corrected chi connectivity index (χ2v) is 3.50. The molecule has 0 aliphatic heterocycles. The van der Waals surface area contributed by atoms with Crippen LogP contribution in [0.3, 0.4) is 0 Å². The Labute approximate surface area is 83.3 Å². The van der Waals surface area contributed by atoms with Crippen molar-refractivity contribution in [2.24, 2.45) is 0 Å². The number of hydrogen-bond acceptors (Lipinski definition) is 6. The highest BCUT2D eigenvalue weighted by atomic mass is 32.1. The summed E-state index contributed by atoms with van der Waals surface area (Å²) in [5.41, 5.74) is 5.34. The highest BCUT2D eigenvalue weighted by molar-refractivity contribution is 7.15. The van der Waals surface area contributed by atoms with Gasteiger partial charge in [0.05, 0.1) is 18.4 Å².